The molecular weight excluding hydrogens is 409 g/mol. The molecule has 1 radical (unpaired) electrons. The SMILES string of the molecule is C[C@@H]1C[C@H]2[C@@H]3CCC4=CC(=O)C=C[C@]4(C)[C@@]3(F)[C@@H](O)C[C@]2(C)[C@@]1(O)C(=O)CO.[H].[NaH].[NaH]. The van der Waals surface area contributed by atoms with Crippen LogP contribution in [-0.4, -0.2) is 110 Å². The van der Waals surface area contributed by atoms with Crippen LogP contribution in [0.15, 0.2) is 23.8 Å². The molecule has 0 heterocycles. The second kappa shape index (κ2) is 8.44. The van der Waals surface area contributed by atoms with Crippen molar-refractivity contribution in [3.8, 4) is 0 Å². The van der Waals surface area contributed by atoms with Crippen LogP contribution in [0.5, 0.6) is 0 Å². The number of fused-ring (bicyclic) bond motifs is 5. The molecule has 4 aliphatic carbocycles. The molecule has 159 valence electrons. The summed E-state index contributed by atoms with van der Waals surface area (Å²) in [6.07, 6.45) is 4.44. The van der Waals surface area contributed by atoms with Crippen molar-refractivity contribution in [1.29, 1.82) is 0 Å². The molecule has 4 aliphatic rings. The average molecular weight is 441 g/mol. The van der Waals surface area contributed by atoms with Crippen LogP contribution in [0.1, 0.15) is 47.9 Å². The first kappa shape index (κ1) is 26.9. The molecule has 0 aromatic heterocycles. The summed E-state index contributed by atoms with van der Waals surface area (Å²) in [6.45, 7) is 4.48. The van der Waals surface area contributed by atoms with E-state index < -0.39 is 52.4 Å². The Balaban J connectivity index is 0.00000160. The van der Waals surface area contributed by atoms with Gasteiger partial charge in [0.25, 0.3) is 0 Å². The number of aliphatic hydroxyl groups is 3. The Hall–Kier alpha value is 0.630. The summed E-state index contributed by atoms with van der Waals surface area (Å²) >= 11 is 0. The van der Waals surface area contributed by atoms with Gasteiger partial charge < -0.3 is 15.3 Å². The van der Waals surface area contributed by atoms with Crippen LogP contribution >= 0.6 is 0 Å². The Bertz CT molecular complexity index is 822. The number of hydrogen-bond donors (Lipinski definition) is 3. The van der Waals surface area contributed by atoms with Gasteiger partial charge in [0.15, 0.2) is 17.2 Å². The van der Waals surface area contributed by atoms with E-state index in [-0.39, 0.29) is 78.7 Å². The molecule has 0 aliphatic heterocycles. The minimum atomic E-state index is -1.98. The van der Waals surface area contributed by atoms with E-state index >= 15 is 4.39 Å². The Morgan fingerprint density at radius 1 is 1.30 bits per heavy atom. The Kier molecular flexibility index (Phi) is 7.57. The summed E-state index contributed by atoms with van der Waals surface area (Å²) in [7, 11) is 0. The summed E-state index contributed by atoms with van der Waals surface area (Å²) in [6, 6.07) is 0. The predicted octanol–water partition coefficient (Wildman–Crippen LogP) is 0.711. The Morgan fingerprint density at radius 2 is 1.93 bits per heavy atom. The average Bonchev–Trinajstić information content (AvgIpc) is 2.84. The molecule has 30 heavy (non-hydrogen) atoms. The monoisotopic (exact) mass is 441 g/mol. The molecule has 0 amide bonds. The van der Waals surface area contributed by atoms with Gasteiger partial charge in [-0.25, -0.2) is 4.39 Å². The van der Waals surface area contributed by atoms with Gasteiger partial charge in [-0.2, -0.15) is 0 Å². The quantitative estimate of drug-likeness (QED) is 0.549. The summed E-state index contributed by atoms with van der Waals surface area (Å²) in [5.41, 5.74) is -5.17. The maximum atomic E-state index is 16.9. The molecule has 0 spiro atoms. The first-order valence-electron chi connectivity index (χ1n) is 10.1. The number of halogens is 1. The van der Waals surface area contributed by atoms with E-state index in [0.29, 0.717) is 24.8 Å². The number of ketones is 2. The summed E-state index contributed by atoms with van der Waals surface area (Å²) in [5, 5.41) is 32.0. The zero-order chi connectivity index (χ0) is 20.7. The van der Waals surface area contributed by atoms with Crippen molar-refractivity contribution in [3.05, 3.63) is 23.8 Å². The zero-order valence-electron chi connectivity index (χ0n) is 17.6. The van der Waals surface area contributed by atoms with Crippen molar-refractivity contribution in [2.45, 2.75) is 63.8 Å². The van der Waals surface area contributed by atoms with Gasteiger partial charge in [0.2, 0.25) is 0 Å². The second-order valence-corrected chi connectivity index (χ2v) is 9.75. The minimum absolute atomic E-state index is 0. The molecule has 0 aromatic carbocycles. The maximum absolute atomic E-state index is 16.9. The van der Waals surface area contributed by atoms with E-state index in [4.69, 9.17) is 0 Å². The van der Waals surface area contributed by atoms with Crippen LogP contribution in [0.25, 0.3) is 0 Å². The standard InChI is InChI=1S/C22H29FO5.2Na.3H/c1-12-8-16-15-5-4-13-9-14(25)6-7-19(13,2)21(15,23)17(26)10-20(16,3)22(12,28)18(27)11-24;;;;;/h6-7,9,12,15-17,24,26,28H,4-5,8,10-11H2,1-3H3;;;;;/t12-,15+,16+,17+,19+,20+,21+,22+;;;;;/m1...../s1. The van der Waals surface area contributed by atoms with Gasteiger partial charge in [-0.15, -0.1) is 0 Å². The topological polar surface area (TPSA) is 94.8 Å². The number of alkyl halides is 1. The van der Waals surface area contributed by atoms with E-state index in [1.54, 1.807) is 26.8 Å². The van der Waals surface area contributed by atoms with Crippen molar-refractivity contribution >= 4 is 70.7 Å². The number of aliphatic hydroxyl groups excluding tert-OH is 2. The second-order valence-electron chi connectivity index (χ2n) is 9.75. The van der Waals surface area contributed by atoms with Gasteiger partial charge in [0, 0.05) is 18.2 Å². The molecule has 8 atom stereocenters. The number of Topliss-reactive ketones (excluding diaryl/α,β-unsaturated/α-hetero) is 1. The molecule has 0 aromatic rings. The van der Waals surface area contributed by atoms with Gasteiger partial charge in [0.05, 0.1) is 6.10 Å². The number of rotatable bonds is 2. The van der Waals surface area contributed by atoms with E-state index in [9.17, 15) is 24.9 Å². The van der Waals surface area contributed by atoms with E-state index in [1.807, 2.05) is 0 Å². The predicted molar refractivity (Wildman–Crippen MR) is 115 cm³/mol. The van der Waals surface area contributed by atoms with Crippen molar-refractivity contribution < 1.29 is 30.7 Å². The van der Waals surface area contributed by atoms with Gasteiger partial charge >= 0.3 is 59.1 Å². The van der Waals surface area contributed by atoms with E-state index in [1.165, 1.54) is 12.2 Å². The molecule has 4 rings (SSSR count). The molecule has 8 heteroatoms. The van der Waals surface area contributed by atoms with Crippen molar-refractivity contribution in [3.63, 3.8) is 0 Å². The first-order chi connectivity index (χ1) is 13.0. The third kappa shape index (κ3) is 3.05. The van der Waals surface area contributed by atoms with E-state index in [2.05, 4.69) is 0 Å². The Labute approximate surface area is 222 Å². The van der Waals surface area contributed by atoms with Crippen molar-refractivity contribution in [1.82, 2.24) is 0 Å². The summed E-state index contributed by atoms with van der Waals surface area (Å²) < 4.78 is 16.9. The van der Waals surface area contributed by atoms with Crippen LogP contribution in [-0.2, 0) is 9.59 Å². The molecule has 0 saturated heterocycles. The molecule has 3 fully saturated rings. The molecule has 3 N–H and O–H groups in total. The number of carbonyl (C=O) groups excluding carboxylic acids is 2. The van der Waals surface area contributed by atoms with Crippen molar-refractivity contribution in [2.75, 3.05) is 6.61 Å². The zero-order valence-corrected chi connectivity index (χ0v) is 16.6. The first-order valence-corrected chi connectivity index (χ1v) is 10.1. The van der Waals surface area contributed by atoms with Crippen LogP contribution in [0, 0.1) is 28.6 Å². The number of hydrogen-bond acceptors (Lipinski definition) is 5. The molecule has 3 saturated carbocycles. The van der Waals surface area contributed by atoms with Crippen LogP contribution in [0.2, 0.25) is 0 Å². The summed E-state index contributed by atoms with van der Waals surface area (Å²) in [5.74, 6) is -2.12. The molecule has 0 unspecified atom stereocenters. The Morgan fingerprint density at radius 3 is 2.53 bits per heavy atom. The third-order valence-corrected chi connectivity index (χ3v) is 8.79. The third-order valence-electron chi connectivity index (χ3n) is 8.79. The van der Waals surface area contributed by atoms with Crippen molar-refractivity contribution in [2.24, 2.45) is 28.6 Å². The van der Waals surface area contributed by atoms with Gasteiger partial charge in [-0.3, -0.25) is 9.59 Å². The van der Waals surface area contributed by atoms with Gasteiger partial charge in [-0.05, 0) is 56.6 Å². The van der Waals surface area contributed by atoms with Crippen LogP contribution in [0.4, 0.5) is 4.39 Å². The fraction of sp³-hybridized carbons (Fsp3) is 0.727. The number of carbonyl (C=O) groups is 2. The van der Waals surface area contributed by atoms with Gasteiger partial charge in [-0.1, -0.05) is 25.5 Å². The fourth-order valence-electron chi connectivity index (χ4n) is 7.26. The van der Waals surface area contributed by atoms with E-state index in [0.717, 1.165) is 0 Å². The molecular formula is C22H32FNa2O5. The number of allylic oxidation sites excluding steroid dienone is 4. The molecule has 5 nitrogen and oxygen atoms in total. The summed E-state index contributed by atoms with van der Waals surface area (Å²) in [4.78, 5) is 24.4. The van der Waals surface area contributed by atoms with Crippen LogP contribution in [0.3, 0.4) is 0 Å². The molecule has 0 bridgehead atoms. The normalized spacial score (nSPS) is 49.0. The van der Waals surface area contributed by atoms with Gasteiger partial charge in [0.1, 0.15) is 12.2 Å². The fourth-order valence-corrected chi connectivity index (χ4v) is 7.26. The van der Waals surface area contributed by atoms with Crippen LogP contribution < -0.4 is 0 Å².